The maximum Gasteiger partial charge on any atom is 0.126 e. The van der Waals surface area contributed by atoms with E-state index in [-0.39, 0.29) is 18.5 Å². The molecular weight excluding hydrogens is 233 g/mol. The molecule has 0 bridgehead atoms. The van der Waals surface area contributed by atoms with E-state index in [0.29, 0.717) is 24.8 Å². The Morgan fingerprint density at radius 1 is 1.50 bits per heavy atom. The van der Waals surface area contributed by atoms with Gasteiger partial charge in [-0.25, -0.2) is 4.39 Å². The van der Waals surface area contributed by atoms with Crippen LogP contribution in [-0.2, 0) is 11.3 Å². The molecule has 1 aliphatic heterocycles. The molecule has 2 rings (SSSR count). The number of benzene rings is 1. The Balaban J connectivity index is 2.04. The molecule has 0 spiro atoms. The Kier molecular flexibility index (Phi) is 4.32. The third kappa shape index (κ3) is 3.07. The highest BCUT2D eigenvalue weighted by Gasteiger charge is 2.25. The van der Waals surface area contributed by atoms with Gasteiger partial charge in [0, 0.05) is 19.1 Å². The molecule has 1 aliphatic rings. The highest BCUT2D eigenvalue weighted by Crippen LogP contribution is 2.17. The smallest absolute Gasteiger partial charge is 0.126 e. The van der Waals surface area contributed by atoms with Gasteiger partial charge in [-0.3, -0.25) is 4.90 Å². The molecule has 4 heteroatoms. The topological polar surface area (TPSA) is 32.7 Å². The molecule has 0 aromatic heterocycles. The van der Waals surface area contributed by atoms with Gasteiger partial charge in [0.15, 0.2) is 0 Å². The second-order valence-corrected chi connectivity index (χ2v) is 5.00. The van der Waals surface area contributed by atoms with Gasteiger partial charge in [-0.15, -0.1) is 0 Å². The van der Waals surface area contributed by atoms with Crippen molar-refractivity contribution in [2.45, 2.75) is 32.5 Å². The van der Waals surface area contributed by atoms with Crippen LogP contribution in [-0.4, -0.2) is 41.9 Å². The summed E-state index contributed by atoms with van der Waals surface area (Å²) in [5, 5.41) is 9.14. The van der Waals surface area contributed by atoms with E-state index in [4.69, 9.17) is 9.84 Å². The van der Waals surface area contributed by atoms with Crippen LogP contribution in [0.25, 0.3) is 0 Å². The van der Waals surface area contributed by atoms with Gasteiger partial charge in [-0.1, -0.05) is 12.1 Å². The Bertz CT molecular complexity index is 411. The highest BCUT2D eigenvalue weighted by molar-refractivity contribution is 5.24. The third-order valence-electron chi connectivity index (χ3n) is 3.45. The van der Waals surface area contributed by atoms with Crippen LogP contribution in [0.15, 0.2) is 18.2 Å². The van der Waals surface area contributed by atoms with Crippen molar-refractivity contribution < 1.29 is 14.2 Å². The fourth-order valence-corrected chi connectivity index (χ4v) is 2.25. The van der Waals surface area contributed by atoms with Crippen LogP contribution in [0.1, 0.15) is 18.1 Å². The van der Waals surface area contributed by atoms with Gasteiger partial charge in [-0.05, 0) is 31.0 Å². The molecule has 2 atom stereocenters. The van der Waals surface area contributed by atoms with E-state index in [1.165, 1.54) is 6.07 Å². The van der Waals surface area contributed by atoms with Crippen LogP contribution < -0.4 is 0 Å². The van der Waals surface area contributed by atoms with Crippen molar-refractivity contribution in [2.24, 2.45) is 0 Å². The molecule has 1 saturated heterocycles. The van der Waals surface area contributed by atoms with Crippen molar-refractivity contribution in [3.05, 3.63) is 35.1 Å². The molecule has 1 aromatic carbocycles. The molecule has 0 aliphatic carbocycles. The molecule has 1 fully saturated rings. The lowest BCUT2D eigenvalue weighted by molar-refractivity contribution is -0.0805. The van der Waals surface area contributed by atoms with Gasteiger partial charge in [0.1, 0.15) is 5.82 Å². The Morgan fingerprint density at radius 3 is 2.94 bits per heavy atom. The summed E-state index contributed by atoms with van der Waals surface area (Å²) in [6.07, 6.45) is -0.109. The molecule has 1 heterocycles. The lowest BCUT2D eigenvalue weighted by Gasteiger charge is -2.37. The summed E-state index contributed by atoms with van der Waals surface area (Å²) in [6.45, 7) is 6.04. The monoisotopic (exact) mass is 253 g/mol. The van der Waals surface area contributed by atoms with Crippen molar-refractivity contribution in [1.29, 1.82) is 0 Å². The van der Waals surface area contributed by atoms with Crippen molar-refractivity contribution in [3.8, 4) is 0 Å². The molecule has 3 nitrogen and oxygen atoms in total. The summed E-state index contributed by atoms with van der Waals surface area (Å²) in [5.41, 5.74) is 1.77. The molecular formula is C14H20FNO2. The summed E-state index contributed by atoms with van der Waals surface area (Å²) < 4.78 is 18.7. The summed E-state index contributed by atoms with van der Waals surface area (Å²) in [6, 6.07) is 5.53. The summed E-state index contributed by atoms with van der Waals surface area (Å²) >= 11 is 0. The number of hydrogen-bond donors (Lipinski definition) is 1. The van der Waals surface area contributed by atoms with E-state index in [0.717, 1.165) is 12.1 Å². The number of aliphatic hydroxyl groups is 1. The van der Waals surface area contributed by atoms with Crippen molar-refractivity contribution in [2.75, 3.05) is 19.8 Å². The molecule has 0 saturated carbocycles. The average Bonchev–Trinajstić information content (AvgIpc) is 2.36. The van der Waals surface area contributed by atoms with Crippen LogP contribution in [0.3, 0.4) is 0 Å². The summed E-state index contributed by atoms with van der Waals surface area (Å²) in [5.74, 6) is -0.165. The number of halogens is 1. The standard InChI is InChI=1S/C14H20FNO2/c1-10-5-12(3-4-14(10)15)6-16-7-13(8-17)18-9-11(16)2/h3-5,11,13,17H,6-9H2,1-2H3. The molecule has 0 amide bonds. The van der Waals surface area contributed by atoms with Crippen LogP contribution in [0.2, 0.25) is 0 Å². The minimum atomic E-state index is -0.165. The SMILES string of the molecule is Cc1cc(CN2CC(CO)OCC2C)ccc1F. The van der Waals surface area contributed by atoms with E-state index < -0.39 is 0 Å². The number of rotatable bonds is 3. The maximum atomic E-state index is 13.2. The minimum Gasteiger partial charge on any atom is -0.394 e. The zero-order chi connectivity index (χ0) is 13.1. The molecule has 1 N–H and O–H groups in total. The molecule has 2 unspecified atom stereocenters. The van der Waals surface area contributed by atoms with Crippen molar-refractivity contribution in [3.63, 3.8) is 0 Å². The Labute approximate surface area is 107 Å². The number of hydrogen-bond acceptors (Lipinski definition) is 3. The van der Waals surface area contributed by atoms with Gasteiger partial charge in [0.2, 0.25) is 0 Å². The average molecular weight is 253 g/mol. The van der Waals surface area contributed by atoms with E-state index in [2.05, 4.69) is 11.8 Å². The first-order valence-corrected chi connectivity index (χ1v) is 6.31. The predicted octanol–water partition coefficient (Wildman–Crippen LogP) is 1.72. The molecule has 18 heavy (non-hydrogen) atoms. The van der Waals surface area contributed by atoms with Gasteiger partial charge >= 0.3 is 0 Å². The number of aliphatic hydroxyl groups excluding tert-OH is 1. The normalized spacial score (nSPS) is 25.3. The Hall–Kier alpha value is -0.970. The summed E-state index contributed by atoms with van der Waals surface area (Å²) in [7, 11) is 0. The fraction of sp³-hybridized carbons (Fsp3) is 0.571. The summed E-state index contributed by atoms with van der Waals surface area (Å²) in [4.78, 5) is 2.26. The number of nitrogens with zero attached hydrogens (tertiary/aromatic N) is 1. The molecule has 0 radical (unpaired) electrons. The van der Waals surface area contributed by atoms with Crippen LogP contribution in [0.5, 0.6) is 0 Å². The van der Waals surface area contributed by atoms with Crippen LogP contribution >= 0.6 is 0 Å². The zero-order valence-electron chi connectivity index (χ0n) is 10.9. The number of ether oxygens (including phenoxy) is 1. The second kappa shape index (κ2) is 5.78. The quantitative estimate of drug-likeness (QED) is 0.890. The van der Waals surface area contributed by atoms with Gasteiger partial charge in [0.25, 0.3) is 0 Å². The van der Waals surface area contributed by atoms with Gasteiger partial charge in [0.05, 0.1) is 19.3 Å². The van der Waals surface area contributed by atoms with Gasteiger partial charge in [-0.2, -0.15) is 0 Å². The zero-order valence-corrected chi connectivity index (χ0v) is 10.9. The second-order valence-electron chi connectivity index (χ2n) is 5.00. The van der Waals surface area contributed by atoms with Crippen molar-refractivity contribution >= 4 is 0 Å². The minimum absolute atomic E-state index is 0.0473. The van der Waals surface area contributed by atoms with E-state index in [9.17, 15) is 4.39 Å². The van der Waals surface area contributed by atoms with E-state index in [1.807, 2.05) is 12.1 Å². The van der Waals surface area contributed by atoms with Crippen molar-refractivity contribution in [1.82, 2.24) is 4.90 Å². The maximum absolute atomic E-state index is 13.2. The predicted molar refractivity (Wildman–Crippen MR) is 67.8 cm³/mol. The molecule has 100 valence electrons. The molecule has 1 aromatic rings. The highest BCUT2D eigenvalue weighted by atomic mass is 19.1. The van der Waals surface area contributed by atoms with Crippen LogP contribution in [0, 0.1) is 12.7 Å². The van der Waals surface area contributed by atoms with E-state index >= 15 is 0 Å². The fourth-order valence-electron chi connectivity index (χ4n) is 2.25. The third-order valence-corrected chi connectivity index (χ3v) is 3.45. The van der Waals surface area contributed by atoms with Gasteiger partial charge < -0.3 is 9.84 Å². The lowest BCUT2D eigenvalue weighted by Crippen LogP contribution is -2.48. The largest absolute Gasteiger partial charge is 0.394 e. The first kappa shape index (κ1) is 13.5. The Morgan fingerprint density at radius 2 is 2.28 bits per heavy atom. The first-order chi connectivity index (χ1) is 8.60. The lowest BCUT2D eigenvalue weighted by atomic mass is 10.1. The first-order valence-electron chi connectivity index (χ1n) is 6.31. The number of morpholine rings is 1. The number of aryl methyl sites for hydroxylation is 1. The van der Waals surface area contributed by atoms with E-state index in [1.54, 1.807) is 6.92 Å². The van der Waals surface area contributed by atoms with Crippen LogP contribution in [0.4, 0.5) is 4.39 Å².